The Bertz CT molecular complexity index is 1070. The van der Waals surface area contributed by atoms with Crippen molar-refractivity contribution >= 4 is 23.3 Å². The number of carbonyl (C=O) groups excluding carboxylic acids is 1. The van der Waals surface area contributed by atoms with Gasteiger partial charge in [0, 0.05) is 24.7 Å². The number of likely N-dealkylation sites (tertiary alicyclic amines) is 1. The predicted octanol–water partition coefficient (Wildman–Crippen LogP) is 2.57. The van der Waals surface area contributed by atoms with E-state index in [-0.39, 0.29) is 17.2 Å². The Kier molecular flexibility index (Phi) is 5.17. The van der Waals surface area contributed by atoms with E-state index in [2.05, 4.69) is 22.0 Å². The molecule has 7 nitrogen and oxygen atoms in total. The molecule has 9 heteroatoms. The van der Waals surface area contributed by atoms with Gasteiger partial charge in [-0.05, 0) is 30.9 Å². The fraction of sp³-hybridized carbons (Fsp3) is 0.368. The topological polar surface area (TPSA) is 83.4 Å². The lowest BCUT2D eigenvalue weighted by molar-refractivity contribution is -0.129. The molecule has 1 aliphatic heterocycles. The normalized spacial score (nSPS) is 15.3. The van der Waals surface area contributed by atoms with Crippen molar-refractivity contribution in [3.05, 3.63) is 46.5 Å². The third kappa shape index (κ3) is 3.94. The van der Waals surface area contributed by atoms with E-state index in [1.54, 1.807) is 12.1 Å². The van der Waals surface area contributed by atoms with Crippen LogP contribution in [0.5, 0.6) is 0 Å². The van der Waals surface area contributed by atoms with E-state index >= 15 is 0 Å². The molecule has 1 N–H and O–H groups in total. The molecule has 28 heavy (non-hydrogen) atoms. The number of benzene rings is 1. The highest BCUT2D eigenvalue weighted by Gasteiger charge is 2.21. The Morgan fingerprint density at radius 2 is 2.07 bits per heavy atom. The molecular weight excluding hydrogens is 381 g/mol. The molecule has 0 spiro atoms. The number of nitrogens with one attached hydrogen (secondary N) is 1. The quantitative estimate of drug-likeness (QED) is 0.680. The Labute approximate surface area is 165 Å². The summed E-state index contributed by atoms with van der Waals surface area (Å²) in [5, 5.41) is 3.08. The van der Waals surface area contributed by atoms with Crippen LogP contribution in [-0.4, -0.2) is 49.2 Å². The summed E-state index contributed by atoms with van der Waals surface area (Å²) in [6.07, 6.45) is 2.03. The summed E-state index contributed by atoms with van der Waals surface area (Å²) < 4.78 is 15.0. The lowest BCUT2D eigenvalue weighted by Gasteiger charge is -2.30. The maximum atomic E-state index is 13.6. The Hall–Kier alpha value is -2.68. The SMILES string of the molecule is CC1CCN(C(=O)CSc2nc(-c3cccc(F)c3)nc3cc(=O)[nH]n23)CC1. The van der Waals surface area contributed by atoms with E-state index in [4.69, 9.17) is 0 Å². The van der Waals surface area contributed by atoms with Crippen molar-refractivity contribution in [2.24, 2.45) is 5.92 Å². The summed E-state index contributed by atoms with van der Waals surface area (Å²) >= 11 is 1.24. The van der Waals surface area contributed by atoms with E-state index in [0.29, 0.717) is 28.1 Å². The minimum atomic E-state index is -0.392. The molecule has 0 radical (unpaired) electrons. The molecule has 1 saturated heterocycles. The van der Waals surface area contributed by atoms with Crippen LogP contribution in [-0.2, 0) is 4.79 Å². The van der Waals surface area contributed by atoms with Gasteiger partial charge in [-0.2, -0.15) is 0 Å². The molecule has 4 rings (SSSR count). The summed E-state index contributed by atoms with van der Waals surface area (Å²) in [5.74, 6) is 0.822. The second-order valence-corrected chi connectivity index (χ2v) is 7.95. The molecule has 1 aliphatic rings. The number of nitrogens with zero attached hydrogens (tertiary/aromatic N) is 4. The molecule has 146 valence electrons. The number of piperidine rings is 1. The van der Waals surface area contributed by atoms with Crippen molar-refractivity contribution < 1.29 is 9.18 Å². The number of fused-ring (bicyclic) bond motifs is 1. The van der Waals surface area contributed by atoms with Crippen LogP contribution in [0.2, 0.25) is 0 Å². The van der Waals surface area contributed by atoms with Crippen LogP contribution in [0, 0.1) is 11.7 Å². The maximum Gasteiger partial charge on any atom is 0.266 e. The van der Waals surface area contributed by atoms with Crippen LogP contribution in [0.3, 0.4) is 0 Å². The number of carbonyl (C=O) groups is 1. The fourth-order valence-corrected chi connectivity index (χ4v) is 4.07. The second-order valence-electron chi connectivity index (χ2n) is 7.01. The van der Waals surface area contributed by atoms with E-state index in [0.717, 1.165) is 25.9 Å². The molecule has 3 heterocycles. The van der Waals surface area contributed by atoms with Gasteiger partial charge in [-0.1, -0.05) is 30.8 Å². The highest BCUT2D eigenvalue weighted by molar-refractivity contribution is 7.99. The van der Waals surface area contributed by atoms with Gasteiger partial charge in [-0.3, -0.25) is 14.7 Å². The molecule has 1 fully saturated rings. The van der Waals surface area contributed by atoms with Gasteiger partial charge < -0.3 is 4.90 Å². The highest BCUT2D eigenvalue weighted by Crippen LogP contribution is 2.23. The number of hydrogen-bond donors (Lipinski definition) is 1. The van der Waals surface area contributed by atoms with Crippen LogP contribution in [0.15, 0.2) is 40.3 Å². The Morgan fingerprint density at radius 1 is 1.29 bits per heavy atom. The Balaban J connectivity index is 1.60. The lowest BCUT2D eigenvalue weighted by Crippen LogP contribution is -2.38. The van der Waals surface area contributed by atoms with Gasteiger partial charge in [0.05, 0.1) is 5.75 Å². The first-order valence-corrected chi connectivity index (χ1v) is 10.1. The minimum absolute atomic E-state index is 0.0467. The van der Waals surface area contributed by atoms with Crippen molar-refractivity contribution in [2.75, 3.05) is 18.8 Å². The summed E-state index contributed by atoms with van der Waals surface area (Å²) in [5.41, 5.74) is 0.569. The fourth-order valence-electron chi connectivity index (χ4n) is 3.21. The zero-order valence-corrected chi connectivity index (χ0v) is 16.2. The standard InChI is InChI=1S/C19H20FN5O2S/c1-12-5-7-24(8-6-12)17(27)11-28-19-22-18(13-3-2-4-14(20)9-13)21-15-10-16(26)23-25(15)19/h2-4,9-10,12H,5-8,11H2,1H3,(H,23,26). The number of rotatable bonds is 4. The van der Waals surface area contributed by atoms with E-state index in [9.17, 15) is 14.0 Å². The zero-order chi connectivity index (χ0) is 19.7. The second kappa shape index (κ2) is 7.75. The average molecular weight is 401 g/mol. The van der Waals surface area contributed by atoms with Gasteiger partial charge in [-0.15, -0.1) is 0 Å². The first-order chi connectivity index (χ1) is 13.5. The van der Waals surface area contributed by atoms with Gasteiger partial charge in [0.25, 0.3) is 5.56 Å². The van der Waals surface area contributed by atoms with E-state index in [1.165, 1.54) is 34.5 Å². The van der Waals surface area contributed by atoms with Crippen molar-refractivity contribution in [3.63, 3.8) is 0 Å². The molecule has 0 bridgehead atoms. The maximum absolute atomic E-state index is 13.6. The summed E-state index contributed by atoms with van der Waals surface area (Å²) in [6.45, 7) is 3.74. The lowest BCUT2D eigenvalue weighted by atomic mass is 9.99. The third-order valence-corrected chi connectivity index (χ3v) is 5.79. The van der Waals surface area contributed by atoms with Crippen molar-refractivity contribution in [3.8, 4) is 11.4 Å². The van der Waals surface area contributed by atoms with Crippen LogP contribution < -0.4 is 5.56 Å². The number of thioether (sulfide) groups is 1. The third-order valence-electron chi connectivity index (χ3n) is 4.87. The van der Waals surface area contributed by atoms with Crippen LogP contribution >= 0.6 is 11.8 Å². The van der Waals surface area contributed by atoms with Crippen molar-refractivity contribution in [1.29, 1.82) is 0 Å². The number of halogens is 1. The number of aromatic amines is 1. The van der Waals surface area contributed by atoms with Gasteiger partial charge >= 0.3 is 0 Å². The van der Waals surface area contributed by atoms with E-state index in [1.807, 2.05) is 4.90 Å². The molecule has 2 aromatic heterocycles. The number of amides is 1. The van der Waals surface area contributed by atoms with Gasteiger partial charge in [-0.25, -0.2) is 18.9 Å². The summed E-state index contributed by atoms with van der Waals surface area (Å²) in [6, 6.07) is 7.31. The average Bonchev–Trinajstić information content (AvgIpc) is 3.06. The van der Waals surface area contributed by atoms with Crippen LogP contribution in [0.25, 0.3) is 17.0 Å². The number of H-pyrrole nitrogens is 1. The number of hydrogen-bond acceptors (Lipinski definition) is 5. The predicted molar refractivity (Wildman–Crippen MR) is 105 cm³/mol. The van der Waals surface area contributed by atoms with Crippen molar-refractivity contribution in [2.45, 2.75) is 24.9 Å². The first-order valence-electron chi connectivity index (χ1n) is 9.16. The first kappa shape index (κ1) is 18.7. The molecular formula is C19H20FN5O2S. The molecule has 0 aliphatic carbocycles. The zero-order valence-electron chi connectivity index (χ0n) is 15.4. The monoisotopic (exact) mass is 401 g/mol. The molecule has 0 unspecified atom stereocenters. The Morgan fingerprint density at radius 3 is 2.82 bits per heavy atom. The van der Waals surface area contributed by atoms with Crippen LogP contribution in [0.4, 0.5) is 4.39 Å². The molecule has 0 saturated carbocycles. The van der Waals surface area contributed by atoms with Crippen molar-refractivity contribution in [1.82, 2.24) is 24.5 Å². The van der Waals surface area contributed by atoms with Crippen LogP contribution in [0.1, 0.15) is 19.8 Å². The molecule has 1 aromatic carbocycles. The van der Waals surface area contributed by atoms with E-state index < -0.39 is 5.82 Å². The van der Waals surface area contributed by atoms with Gasteiger partial charge in [0.15, 0.2) is 16.6 Å². The van der Waals surface area contributed by atoms with Gasteiger partial charge in [0.1, 0.15) is 5.82 Å². The summed E-state index contributed by atoms with van der Waals surface area (Å²) in [4.78, 5) is 35.0. The highest BCUT2D eigenvalue weighted by atomic mass is 32.2. The minimum Gasteiger partial charge on any atom is -0.342 e. The smallest absolute Gasteiger partial charge is 0.266 e. The molecule has 3 aromatic rings. The van der Waals surface area contributed by atoms with Gasteiger partial charge in [0.2, 0.25) is 5.91 Å². The largest absolute Gasteiger partial charge is 0.342 e. The molecule has 1 amide bonds. The number of aromatic nitrogens is 4. The summed E-state index contributed by atoms with van der Waals surface area (Å²) in [7, 11) is 0. The molecule has 0 atom stereocenters.